The molecule has 0 aromatic heterocycles. The average molecular weight is 188 g/mol. The van der Waals surface area contributed by atoms with Gasteiger partial charge in [-0.25, -0.2) is 0 Å². The second-order valence-electron chi connectivity index (χ2n) is 2.73. The van der Waals surface area contributed by atoms with Gasteiger partial charge in [0, 0.05) is 0 Å². The Morgan fingerprint density at radius 2 is 0.857 bits per heavy atom. The van der Waals surface area contributed by atoms with E-state index >= 15 is 0 Å². The molecular formula is C13H13F. The highest BCUT2D eigenvalue weighted by Gasteiger charge is 1.91. The minimum Gasteiger partial charge on any atom is -0.255 e. The largest absolute Gasteiger partial charge is 0.255 e. The number of rotatable bonds is 1. The predicted molar refractivity (Wildman–Crippen MR) is 58.9 cm³/mol. The summed E-state index contributed by atoms with van der Waals surface area (Å²) in [5.74, 6) is 0. The fraction of sp³-hybridized carbons (Fsp3) is 0.0769. The zero-order chi connectivity index (χ0) is 10.2. The summed E-state index contributed by atoms with van der Waals surface area (Å²) in [6.45, 7) is 0. The molecule has 0 aliphatic heterocycles. The van der Waals surface area contributed by atoms with Crippen molar-refractivity contribution in [2.75, 3.05) is 7.18 Å². The summed E-state index contributed by atoms with van der Waals surface area (Å²) in [5, 5.41) is 0. The molecular weight excluding hydrogens is 175 g/mol. The molecule has 0 heterocycles. The van der Waals surface area contributed by atoms with Crippen LogP contribution in [0.2, 0.25) is 0 Å². The Balaban J connectivity index is 0.000000461. The van der Waals surface area contributed by atoms with Gasteiger partial charge in [0.05, 0.1) is 7.18 Å². The molecule has 14 heavy (non-hydrogen) atoms. The van der Waals surface area contributed by atoms with E-state index in [4.69, 9.17) is 0 Å². The third-order valence-electron chi connectivity index (χ3n) is 1.88. The van der Waals surface area contributed by atoms with E-state index in [2.05, 4.69) is 48.5 Å². The molecule has 0 aliphatic carbocycles. The number of halogens is 1. The number of hydrogen-bond acceptors (Lipinski definition) is 0. The van der Waals surface area contributed by atoms with Gasteiger partial charge in [-0.1, -0.05) is 60.7 Å². The first kappa shape index (κ1) is 10.5. The molecule has 0 aliphatic rings. The summed E-state index contributed by atoms with van der Waals surface area (Å²) in [6, 6.07) is 20.8. The maximum atomic E-state index is 9.50. The Morgan fingerprint density at radius 1 is 0.571 bits per heavy atom. The smallest absolute Gasteiger partial charge is 0.0785 e. The van der Waals surface area contributed by atoms with Crippen molar-refractivity contribution in [2.45, 2.75) is 0 Å². The summed E-state index contributed by atoms with van der Waals surface area (Å²) in [5.41, 5.74) is 2.55. The van der Waals surface area contributed by atoms with E-state index in [1.807, 2.05) is 12.1 Å². The van der Waals surface area contributed by atoms with Crippen LogP contribution in [0.1, 0.15) is 0 Å². The molecule has 2 rings (SSSR count). The second-order valence-corrected chi connectivity index (χ2v) is 2.73. The van der Waals surface area contributed by atoms with Gasteiger partial charge in [-0.05, 0) is 11.1 Å². The van der Waals surface area contributed by atoms with E-state index in [0.717, 1.165) is 0 Å². The standard InChI is InChI=1S/C12H10.CH3F/c1-3-7-11(8-4-1)12-9-5-2-6-10-12;1-2/h1-10H;1H3. The van der Waals surface area contributed by atoms with Crippen molar-refractivity contribution >= 4 is 0 Å². The minimum absolute atomic E-state index is 0.500. The molecule has 0 amide bonds. The zero-order valence-electron chi connectivity index (χ0n) is 8.15. The maximum absolute atomic E-state index is 9.50. The SMILES string of the molecule is CF.c1ccc(-c2ccccc2)cc1. The van der Waals surface area contributed by atoms with Crippen LogP contribution >= 0.6 is 0 Å². The summed E-state index contributed by atoms with van der Waals surface area (Å²) >= 11 is 0. The molecule has 0 radical (unpaired) electrons. The van der Waals surface area contributed by atoms with Gasteiger partial charge in [0.15, 0.2) is 0 Å². The molecule has 1 heteroatoms. The third-order valence-corrected chi connectivity index (χ3v) is 1.88. The molecule has 2 aromatic carbocycles. The van der Waals surface area contributed by atoms with Gasteiger partial charge in [0.1, 0.15) is 0 Å². The van der Waals surface area contributed by atoms with Crippen molar-refractivity contribution in [1.29, 1.82) is 0 Å². The van der Waals surface area contributed by atoms with Gasteiger partial charge in [0.25, 0.3) is 0 Å². The lowest BCUT2D eigenvalue weighted by Gasteiger charge is -1.98. The van der Waals surface area contributed by atoms with Crippen molar-refractivity contribution in [1.82, 2.24) is 0 Å². The first-order chi connectivity index (χ1) is 6.97. The van der Waals surface area contributed by atoms with Gasteiger partial charge in [-0.2, -0.15) is 0 Å². The highest BCUT2D eigenvalue weighted by molar-refractivity contribution is 5.62. The van der Waals surface area contributed by atoms with Crippen LogP contribution in [0.25, 0.3) is 11.1 Å². The van der Waals surface area contributed by atoms with Gasteiger partial charge in [0.2, 0.25) is 0 Å². The first-order valence-electron chi connectivity index (χ1n) is 4.45. The summed E-state index contributed by atoms with van der Waals surface area (Å²) in [6.07, 6.45) is 0. The molecule has 72 valence electrons. The van der Waals surface area contributed by atoms with Crippen LogP contribution in [0, 0.1) is 0 Å². The number of benzene rings is 2. The normalized spacial score (nSPS) is 8.71. The van der Waals surface area contributed by atoms with Gasteiger partial charge in [-0.15, -0.1) is 0 Å². The molecule has 0 spiro atoms. The van der Waals surface area contributed by atoms with Crippen LogP contribution in [0.5, 0.6) is 0 Å². The summed E-state index contributed by atoms with van der Waals surface area (Å²) in [4.78, 5) is 0. The molecule has 0 saturated carbocycles. The summed E-state index contributed by atoms with van der Waals surface area (Å²) in [7, 11) is 0.500. The highest BCUT2D eigenvalue weighted by Crippen LogP contribution is 2.17. The number of hydrogen-bond donors (Lipinski definition) is 0. The predicted octanol–water partition coefficient (Wildman–Crippen LogP) is 3.94. The van der Waals surface area contributed by atoms with Gasteiger partial charge >= 0.3 is 0 Å². The Morgan fingerprint density at radius 3 is 1.14 bits per heavy atom. The zero-order valence-corrected chi connectivity index (χ0v) is 8.15. The quantitative estimate of drug-likeness (QED) is 0.636. The van der Waals surface area contributed by atoms with Crippen molar-refractivity contribution < 1.29 is 4.39 Å². The molecule has 0 bridgehead atoms. The average Bonchev–Trinajstić information content (AvgIpc) is 2.34. The molecule has 0 nitrogen and oxygen atoms in total. The maximum Gasteiger partial charge on any atom is 0.0785 e. The second kappa shape index (κ2) is 5.92. The van der Waals surface area contributed by atoms with E-state index in [9.17, 15) is 4.39 Å². The molecule has 2 aromatic rings. The monoisotopic (exact) mass is 188 g/mol. The van der Waals surface area contributed by atoms with Crippen molar-refractivity contribution in [2.24, 2.45) is 0 Å². The van der Waals surface area contributed by atoms with Crippen molar-refractivity contribution in [3.05, 3.63) is 60.7 Å². The Labute approximate surface area is 84.0 Å². The lowest BCUT2D eigenvalue weighted by Crippen LogP contribution is -1.73. The van der Waals surface area contributed by atoms with E-state index < -0.39 is 0 Å². The van der Waals surface area contributed by atoms with E-state index in [1.54, 1.807) is 0 Å². The molecule has 0 fully saturated rings. The molecule has 0 atom stereocenters. The topological polar surface area (TPSA) is 0 Å². The molecule has 0 saturated heterocycles. The first-order valence-corrected chi connectivity index (χ1v) is 4.45. The number of alkyl halides is 1. The van der Waals surface area contributed by atoms with Crippen LogP contribution in [0.3, 0.4) is 0 Å². The Bertz CT molecular complexity index is 303. The van der Waals surface area contributed by atoms with Crippen molar-refractivity contribution in [3.8, 4) is 11.1 Å². The lowest BCUT2D eigenvalue weighted by molar-refractivity contribution is 0.636. The van der Waals surface area contributed by atoms with Crippen LogP contribution in [0.15, 0.2) is 60.7 Å². The minimum atomic E-state index is 0.500. The van der Waals surface area contributed by atoms with Gasteiger partial charge in [-0.3, -0.25) is 4.39 Å². The van der Waals surface area contributed by atoms with Gasteiger partial charge < -0.3 is 0 Å². The van der Waals surface area contributed by atoms with Crippen LogP contribution in [-0.4, -0.2) is 7.18 Å². The summed E-state index contributed by atoms with van der Waals surface area (Å²) < 4.78 is 9.50. The molecule has 0 unspecified atom stereocenters. The molecule has 0 N–H and O–H groups in total. The fourth-order valence-electron chi connectivity index (χ4n) is 1.26. The van der Waals surface area contributed by atoms with Crippen LogP contribution in [0.4, 0.5) is 4.39 Å². The Hall–Kier alpha value is -1.63. The van der Waals surface area contributed by atoms with Crippen LogP contribution < -0.4 is 0 Å². The lowest BCUT2D eigenvalue weighted by atomic mass is 10.1. The fourth-order valence-corrected chi connectivity index (χ4v) is 1.26. The van der Waals surface area contributed by atoms with Crippen molar-refractivity contribution in [3.63, 3.8) is 0 Å². The van der Waals surface area contributed by atoms with E-state index in [1.165, 1.54) is 11.1 Å². The van der Waals surface area contributed by atoms with E-state index in [0.29, 0.717) is 7.18 Å². The Kier molecular flexibility index (Phi) is 4.42. The van der Waals surface area contributed by atoms with E-state index in [-0.39, 0.29) is 0 Å². The third kappa shape index (κ3) is 2.70. The highest BCUT2D eigenvalue weighted by atomic mass is 19.1. The van der Waals surface area contributed by atoms with Crippen LogP contribution in [-0.2, 0) is 0 Å².